The van der Waals surface area contributed by atoms with Crippen LogP contribution < -0.4 is 0 Å². The molecule has 0 bridgehead atoms. The second-order valence-corrected chi connectivity index (χ2v) is 9.98. The summed E-state index contributed by atoms with van der Waals surface area (Å²) in [6.45, 7) is 8.37. The van der Waals surface area contributed by atoms with Crippen LogP contribution in [0.15, 0.2) is 12.7 Å². The van der Waals surface area contributed by atoms with Crippen LogP contribution in [-0.4, -0.2) is 30.2 Å². The Bertz CT molecular complexity index is 586. The summed E-state index contributed by atoms with van der Waals surface area (Å²) in [5.74, 6) is 2.95. The summed E-state index contributed by atoms with van der Waals surface area (Å²) in [5, 5.41) is 10.3. The van der Waals surface area contributed by atoms with Crippen molar-refractivity contribution < 1.29 is 14.6 Å². The number of hydrogen-bond donors (Lipinski definition) is 1. The lowest BCUT2D eigenvalue weighted by atomic mass is 9.43. The van der Waals surface area contributed by atoms with Crippen LogP contribution in [0.4, 0.5) is 0 Å². The molecule has 4 rings (SSSR count). The third-order valence-corrected chi connectivity index (χ3v) is 9.45. The Morgan fingerprint density at radius 2 is 1.88 bits per heavy atom. The molecule has 9 atom stereocenters. The summed E-state index contributed by atoms with van der Waals surface area (Å²) < 4.78 is 6.00. The Morgan fingerprint density at radius 1 is 1.12 bits per heavy atom. The van der Waals surface area contributed by atoms with E-state index in [1.165, 1.54) is 0 Å². The molecule has 4 saturated carbocycles. The zero-order chi connectivity index (χ0) is 18.7. The molecule has 0 heterocycles. The molecule has 0 aromatic carbocycles. The molecular weight excluding hydrogens is 324 g/mol. The molecule has 0 aromatic rings. The highest BCUT2D eigenvalue weighted by atomic mass is 16.5. The molecule has 4 aliphatic rings. The summed E-state index contributed by atoms with van der Waals surface area (Å²) in [5.41, 5.74) is 0.0800. The van der Waals surface area contributed by atoms with Gasteiger partial charge in [0.05, 0.1) is 12.2 Å². The topological polar surface area (TPSA) is 46.5 Å². The van der Waals surface area contributed by atoms with E-state index in [4.69, 9.17) is 4.74 Å². The van der Waals surface area contributed by atoms with Crippen LogP contribution in [0.2, 0.25) is 0 Å². The normalized spacial score (nSPS) is 53.3. The van der Waals surface area contributed by atoms with Crippen LogP contribution in [0, 0.1) is 40.4 Å². The molecular formula is C23H36O3. The van der Waals surface area contributed by atoms with Crippen LogP contribution in [0.3, 0.4) is 0 Å². The summed E-state index contributed by atoms with van der Waals surface area (Å²) in [7, 11) is 1.84. The molecule has 4 fully saturated rings. The van der Waals surface area contributed by atoms with Gasteiger partial charge < -0.3 is 9.84 Å². The van der Waals surface area contributed by atoms with Gasteiger partial charge in [-0.25, -0.2) is 0 Å². The maximum atomic E-state index is 12.9. The van der Waals surface area contributed by atoms with Crippen molar-refractivity contribution >= 4 is 5.78 Å². The van der Waals surface area contributed by atoms with E-state index in [0.29, 0.717) is 35.4 Å². The lowest BCUT2D eigenvalue weighted by molar-refractivity contribution is -0.182. The number of carbonyl (C=O) groups is 1. The standard InChI is InChI=1S/C23H36O3/c1-5-15-6-7-19-17-13-21(26-4)20-12-16(25)8-10-22(20,3)18(17)9-11-23(15,19)14(2)24/h5,15-21,25H,1,6-13H2,2-4H3/t15-,16+,17+,18-,19-,20+,21+,22+,23-/m0/s1. The molecule has 0 aromatic heterocycles. The Labute approximate surface area is 158 Å². The highest BCUT2D eigenvalue weighted by Gasteiger charge is 2.64. The Morgan fingerprint density at radius 3 is 2.54 bits per heavy atom. The summed E-state index contributed by atoms with van der Waals surface area (Å²) in [6, 6.07) is 0. The third-order valence-electron chi connectivity index (χ3n) is 9.45. The van der Waals surface area contributed by atoms with E-state index in [1.807, 2.05) is 14.0 Å². The van der Waals surface area contributed by atoms with Gasteiger partial charge in [-0.15, -0.1) is 6.58 Å². The molecule has 0 aliphatic heterocycles. The number of fused-ring (bicyclic) bond motifs is 5. The van der Waals surface area contributed by atoms with E-state index in [0.717, 1.165) is 51.4 Å². The minimum atomic E-state index is -0.168. The second-order valence-electron chi connectivity index (χ2n) is 9.98. The number of ketones is 1. The van der Waals surface area contributed by atoms with Gasteiger partial charge in [0.2, 0.25) is 0 Å². The predicted molar refractivity (Wildman–Crippen MR) is 103 cm³/mol. The summed E-state index contributed by atoms with van der Waals surface area (Å²) >= 11 is 0. The number of methoxy groups -OCH3 is 1. The quantitative estimate of drug-likeness (QED) is 0.760. The van der Waals surface area contributed by atoms with Crippen molar-refractivity contribution in [1.82, 2.24) is 0 Å². The number of aliphatic hydroxyl groups excluding tert-OH is 1. The van der Waals surface area contributed by atoms with Crippen molar-refractivity contribution in [3.63, 3.8) is 0 Å². The number of hydrogen-bond acceptors (Lipinski definition) is 3. The maximum absolute atomic E-state index is 12.9. The number of rotatable bonds is 3. The molecule has 0 spiro atoms. The smallest absolute Gasteiger partial charge is 0.136 e. The van der Waals surface area contributed by atoms with Crippen LogP contribution in [-0.2, 0) is 9.53 Å². The highest BCUT2D eigenvalue weighted by Crippen LogP contribution is 2.68. The largest absolute Gasteiger partial charge is 0.393 e. The van der Waals surface area contributed by atoms with Crippen molar-refractivity contribution in [2.45, 2.75) is 77.4 Å². The minimum Gasteiger partial charge on any atom is -0.393 e. The van der Waals surface area contributed by atoms with Crippen LogP contribution >= 0.6 is 0 Å². The number of aliphatic hydroxyl groups is 1. The van der Waals surface area contributed by atoms with E-state index in [9.17, 15) is 9.90 Å². The van der Waals surface area contributed by atoms with Crippen LogP contribution in [0.5, 0.6) is 0 Å². The van der Waals surface area contributed by atoms with Gasteiger partial charge in [-0.2, -0.15) is 0 Å². The van der Waals surface area contributed by atoms with Gasteiger partial charge >= 0.3 is 0 Å². The molecule has 4 aliphatic carbocycles. The Kier molecular flexibility index (Phi) is 4.63. The zero-order valence-corrected chi connectivity index (χ0v) is 16.7. The van der Waals surface area contributed by atoms with E-state index in [-0.39, 0.29) is 23.0 Å². The second kappa shape index (κ2) is 6.44. The zero-order valence-electron chi connectivity index (χ0n) is 16.7. The first-order valence-electron chi connectivity index (χ1n) is 10.7. The van der Waals surface area contributed by atoms with E-state index in [1.54, 1.807) is 0 Å². The average molecular weight is 361 g/mol. The molecule has 146 valence electrons. The predicted octanol–water partition coefficient (Wildman–Crippen LogP) is 4.39. The van der Waals surface area contributed by atoms with Gasteiger partial charge in [0.15, 0.2) is 0 Å². The number of ether oxygens (including phenoxy) is 1. The summed E-state index contributed by atoms with van der Waals surface area (Å²) in [6.07, 6.45) is 10.6. The van der Waals surface area contributed by atoms with E-state index >= 15 is 0 Å². The molecule has 0 unspecified atom stereocenters. The molecule has 3 nitrogen and oxygen atoms in total. The summed E-state index contributed by atoms with van der Waals surface area (Å²) in [4.78, 5) is 12.9. The van der Waals surface area contributed by atoms with Gasteiger partial charge in [0.1, 0.15) is 5.78 Å². The van der Waals surface area contributed by atoms with Crippen LogP contribution in [0.1, 0.15) is 65.2 Å². The van der Waals surface area contributed by atoms with Crippen molar-refractivity contribution in [2.75, 3.05) is 7.11 Å². The van der Waals surface area contributed by atoms with Crippen molar-refractivity contribution in [3.8, 4) is 0 Å². The van der Waals surface area contributed by atoms with Crippen molar-refractivity contribution in [1.29, 1.82) is 0 Å². The van der Waals surface area contributed by atoms with E-state index < -0.39 is 0 Å². The Balaban J connectivity index is 1.72. The Hall–Kier alpha value is -0.670. The first-order valence-corrected chi connectivity index (χ1v) is 10.7. The molecule has 3 heteroatoms. The fourth-order valence-electron chi connectivity index (χ4n) is 8.25. The lowest BCUT2D eigenvalue weighted by Crippen LogP contribution is -2.59. The van der Waals surface area contributed by atoms with Crippen LogP contribution in [0.25, 0.3) is 0 Å². The van der Waals surface area contributed by atoms with Gasteiger partial charge in [-0.05, 0) is 93.3 Å². The van der Waals surface area contributed by atoms with Crippen molar-refractivity contribution in [2.24, 2.45) is 40.4 Å². The average Bonchev–Trinajstić information content (AvgIpc) is 3.02. The number of carbonyl (C=O) groups excluding carboxylic acids is 1. The highest BCUT2D eigenvalue weighted by molar-refractivity contribution is 5.84. The third kappa shape index (κ3) is 2.35. The lowest BCUT2D eigenvalue weighted by Gasteiger charge is -2.62. The number of allylic oxidation sites excluding steroid dienone is 1. The van der Waals surface area contributed by atoms with Crippen molar-refractivity contribution in [3.05, 3.63) is 12.7 Å². The number of Topliss-reactive ketones (excluding diaryl/α,β-unsaturated/α-hetero) is 1. The van der Waals surface area contributed by atoms with Gasteiger partial charge in [-0.1, -0.05) is 13.0 Å². The fraction of sp³-hybridized carbons (Fsp3) is 0.870. The molecule has 0 saturated heterocycles. The first-order chi connectivity index (χ1) is 12.4. The SMILES string of the molecule is C=C[C@H]1CC[C@H]2[C@@H]3C[C@@H](OC)[C@H]4C[C@H](O)CC[C@]4(C)[C@H]3CC[C@]12C(C)=O. The monoisotopic (exact) mass is 360 g/mol. The maximum Gasteiger partial charge on any atom is 0.136 e. The van der Waals surface area contributed by atoms with Gasteiger partial charge in [-0.3, -0.25) is 4.79 Å². The molecule has 0 amide bonds. The minimum absolute atomic E-state index is 0.168. The fourth-order valence-corrected chi connectivity index (χ4v) is 8.25. The van der Waals surface area contributed by atoms with Gasteiger partial charge in [0.25, 0.3) is 0 Å². The molecule has 26 heavy (non-hydrogen) atoms. The molecule has 1 N–H and O–H groups in total. The van der Waals surface area contributed by atoms with E-state index in [2.05, 4.69) is 19.6 Å². The molecule has 0 radical (unpaired) electrons. The van der Waals surface area contributed by atoms with Gasteiger partial charge in [0, 0.05) is 12.5 Å². The first kappa shape index (κ1) is 18.7.